The number of rotatable bonds is 3. The molecule has 0 fully saturated rings. The normalized spacial score (nSPS) is 18.4. The summed E-state index contributed by atoms with van der Waals surface area (Å²) >= 11 is 0. The summed E-state index contributed by atoms with van der Waals surface area (Å²) in [5.41, 5.74) is 11.1. The van der Waals surface area contributed by atoms with Crippen LogP contribution in [0.4, 0.5) is 0 Å². The fourth-order valence-electron chi connectivity index (χ4n) is 1.93. The van der Waals surface area contributed by atoms with Crippen molar-refractivity contribution in [2.24, 2.45) is 22.4 Å². The Kier molecular flexibility index (Phi) is 5.09. The Balaban J connectivity index is 3.45. The molecule has 0 aromatic carbocycles. The van der Waals surface area contributed by atoms with E-state index in [1.807, 2.05) is 0 Å². The standard InChI is InChI=1S/C12H17N3O4S/c1-4-19-9-6(2)5-8(11(16)15-12(13)14)7(3)10(9)20(17)18/h5,7H,4H2,1-3H3,(H4,13,14,15,16). The molecule has 7 nitrogen and oxygen atoms in total. The lowest BCUT2D eigenvalue weighted by molar-refractivity contribution is -0.114. The van der Waals surface area contributed by atoms with E-state index in [4.69, 9.17) is 16.2 Å². The van der Waals surface area contributed by atoms with Crippen LogP contribution < -0.4 is 11.5 Å². The molecule has 4 N–H and O–H groups in total. The number of carbonyl (C=O) groups is 1. The molecule has 1 aliphatic carbocycles. The molecular formula is C12H17N3O4S. The van der Waals surface area contributed by atoms with Gasteiger partial charge in [-0.25, -0.2) is 0 Å². The van der Waals surface area contributed by atoms with Crippen LogP contribution in [0.2, 0.25) is 0 Å². The van der Waals surface area contributed by atoms with E-state index >= 15 is 0 Å². The molecule has 0 heterocycles. The molecule has 0 aromatic rings. The summed E-state index contributed by atoms with van der Waals surface area (Å²) in [6, 6.07) is 0. The van der Waals surface area contributed by atoms with Crippen molar-refractivity contribution in [2.45, 2.75) is 20.8 Å². The zero-order chi connectivity index (χ0) is 15.4. The van der Waals surface area contributed by atoms with Crippen LogP contribution in [0.15, 0.2) is 28.0 Å². The van der Waals surface area contributed by atoms with Crippen molar-refractivity contribution in [3.8, 4) is 0 Å². The van der Waals surface area contributed by atoms with Gasteiger partial charge in [0.1, 0.15) is 10.6 Å². The van der Waals surface area contributed by atoms with Crippen molar-refractivity contribution in [2.75, 3.05) is 6.61 Å². The highest BCUT2D eigenvalue weighted by atomic mass is 32.2. The molecule has 0 radical (unpaired) electrons. The number of hydrogen-bond acceptors (Lipinski definition) is 4. The lowest BCUT2D eigenvalue weighted by atomic mass is 9.88. The second kappa shape index (κ2) is 6.38. The third-order valence-electron chi connectivity index (χ3n) is 2.76. The van der Waals surface area contributed by atoms with E-state index in [0.29, 0.717) is 12.2 Å². The molecule has 8 heteroatoms. The summed E-state index contributed by atoms with van der Waals surface area (Å²) < 4.78 is 28.2. The number of hydrogen-bond donors (Lipinski definition) is 2. The predicted molar refractivity (Wildman–Crippen MR) is 76.3 cm³/mol. The van der Waals surface area contributed by atoms with E-state index in [0.717, 1.165) is 0 Å². The first kappa shape index (κ1) is 16.0. The van der Waals surface area contributed by atoms with Gasteiger partial charge in [-0.1, -0.05) is 6.92 Å². The maximum absolute atomic E-state index is 11.9. The Morgan fingerprint density at radius 2 is 2.05 bits per heavy atom. The smallest absolute Gasteiger partial charge is 0.276 e. The highest BCUT2D eigenvalue weighted by Gasteiger charge is 2.31. The number of carbonyl (C=O) groups excluding carboxylic acids is 1. The third kappa shape index (κ3) is 3.27. The molecule has 20 heavy (non-hydrogen) atoms. The minimum atomic E-state index is -2.50. The van der Waals surface area contributed by atoms with Crippen LogP contribution in [0.25, 0.3) is 0 Å². The molecule has 1 atom stereocenters. The molecule has 0 saturated carbocycles. The van der Waals surface area contributed by atoms with Gasteiger partial charge in [-0.3, -0.25) is 4.79 Å². The van der Waals surface area contributed by atoms with Crippen molar-refractivity contribution >= 4 is 27.0 Å². The van der Waals surface area contributed by atoms with Gasteiger partial charge in [0.2, 0.25) is 10.3 Å². The monoisotopic (exact) mass is 299 g/mol. The fraction of sp³-hybridized carbons (Fsp3) is 0.417. The summed E-state index contributed by atoms with van der Waals surface area (Å²) in [6.45, 7) is 5.32. The summed E-state index contributed by atoms with van der Waals surface area (Å²) in [4.78, 5) is 15.4. The average Bonchev–Trinajstić information content (AvgIpc) is 2.32. The van der Waals surface area contributed by atoms with Gasteiger partial charge in [0, 0.05) is 11.5 Å². The number of nitrogens with two attached hydrogens (primary N) is 2. The van der Waals surface area contributed by atoms with Gasteiger partial charge in [-0.2, -0.15) is 13.4 Å². The minimum absolute atomic E-state index is 0.0287. The van der Waals surface area contributed by atoms with Gasteiger partial charge in [-0.05, 0) is 25.5 Å². The minimum Gasteiger partial charge on any atom is -0.492 e. The van der Waals surface area contributed by atoms with Gasteiger partial charge in [0.25, 0.3) is 5.91 Å². The van der Waals surface area contributed by atoms with Crippen LogP contribution in [-0.4, -0.2) is 31.8 Å². The Labute approximate surface area is 118 Å². The maximum atomic E-state index is 11.9. The molecule has 1 rings (SSSR count). The summed E-state index contributed by atoms with van der Waals surface area (Å²) in [6.07, 6.45) is 1.54. The zero-order valence-corrected chi connectivity index (χ0v) is 12.3. The number of nitrogens with zero attached hydrogens (tertiary/aromatic N) is 1. The molecule has 1 aliphatic rings. The first-order chi connectivity index (χ1) is 9.29. The summed E-state index contributed by atoms with van der Waals surface area (Å²) in [5.74, 6) is -1.43. The lowest BCUT2D eigenvalue weighted by Crippen LogP contribution is -2.29. The van der Waals surface area contributed by atoms with Crippen molar-refractivity contribution in [1.29, 1.82) is 0 Å². The molecule has 110 valence electrons. The SMILES string of the molecule is CCOC1=C(C)C=C(C(=O)N=C(N)N)C(C)C1=S(=O)=O. The number of allylic oxidation sites excluding steroid dienone is 3. The van der Waals surface area contributed by atoms with Crippen LogP contribution in [0.1, 0.15) is 20.8 Å². The maximum Gasteiger partial charge on any atom is 0.276 e. The highest BCUT2D eigenvalue weighted by molar-refractivity contribution is 7.73. The largest absolute Gasteiger partial charge is 0.492 e. The molecule has 1 amide bonds. The van der Waals surface area contributed by atoms with Crippen LogP contribution in [0, 0.1) is 5.92 Å². The summed E-state index contributed by atoms with van der Waals surface area (Å²) in [5, 5.41) is 0. The van der Waals surface area contributed by atoms with Crippen LogP contribution >= 0.6 is 0 Å². The van der Waals surface area contributed by atoms with E-state index in [1.54, 1.807) is 26.8 Å². The molecule has 0 aromatic heterocycles. The fourth-order valence-corrected chi connectivity index (χ4v) is 2.72. The Hall–Kier alpha value is -2.09. The number of amides is 1. The van der Waals surface area contributed by atoms with E-state index in [1.165, 1.54) is 0 Å². The van der Waals surface area contributed by atoms with Crippen LogP contribution in [-0.2, 0) is 19.8 Å². The van der Waals surface area contributed by atoms with Crippen molar-refractivity contribution in [1.82, 2.24) is 0 Å². The van der Waals surface area contributed by atoms with Crippen LogP contribution in [0.3, 0.4) is 0 Å². The summed E-state index contributed by atoms with van der Waals surface area (Å²) in [7, 11) is -2.50. The first-order valence-corrected chi connectivity index (χ1v) is 7.02. The second-order valence-electron chi connectivity index (χ2n) is 4.21. The van der Waals surface area contributed by atoms with Crippen molar-refractivity contribution in [3.63, 3.8) is 0 Å². The lowest BCUT2D eigenvalue weighted by Gasteiger charge is -2.23. The van der Waals surface area contributed by atoms with Gasteiger partial charge in [0.15, 0.2) is 5.96 Å². The predicted octanol–water partition coefficient (Wildman–Crippen LogP) is -0.275. The topological polar surface area (TPSA) is 125 Å². The molecule has 0 bridgehead atoms. The van der Waals surface area contributed by atoms with E-state index in [2.05, 4.69) is 4.99 Å². The quantitative estimate of drug-likeness (QED) is 0.419. The Morgan fingerprint density at radius 3 is 2.50 bits per heavy atom. The molecular weight excluding hydrogens is 282 g/mol. The average molecular weight is 299 g/mol. The number of ether oxygens (including phenoxy) is 1. The van der Waals surface area contributed by atoms with Gasteiger partial charge in [0.05, 0.1) is 6.61 Å². The van der Waals surface area contributed by atoms with Gasteiger partial charge in [-0.15, -0.1) is 0 Å². The van der Waals surface area contributed by atoms with E-state index < -0.39 is 22.1 Å². The van der Waals surface area contributed by atoms with Crippen molar-refractivity contribution in [3.05, 3.63) is 23.0 Å². The first-order valence-electron chi connectivity index (χ1n) is 5.95. The van der Waals surface area contributed by atoms with Gasteiger partial charge < -0.3 is 16.2 Å². The van der Waals surface area contributed by atoms with Gasteiger partial charge >= 0.3 is 0 Å². The Morgan fingerprint density at radius 1 is 1.45 bits per heavy atom. The number of guanidine groups is 1. The molecule has 0 saturated heterocycles. The highest BCUT2D eigenvalue weighted by Crippen LogP contribution is 2.28. The third-order valence-corrected chi connectivity index (χ3v) is 3.66. The molecule has 1 unspecified atom stereocenters. The number of aliphatic imine (C=N–C) groups is 1. The zero-order valence-electron chi connectivity index (χ0n) is 11.5. The molecule has 0 spiro atoms. The Bertz CT molecular complexity index is 644. The van der Waals surface area contributed by atoms with Crippen LogP contribution in [0.5, 0.6) is 0 Å². The molecule has 0 aliphatic heterocycles. The van der Waals surface area contributed by atoms with E-state index in [9.17, 15) is 13.2 Å². The van der Waals surface area contributed by atoms with E-state index in [-0.39, 0.29) is 22.2 Å². The van der Waals surface area contributed by atoms with Crippen molar-refractivity contribution < 1.29 is 17.9 Å². The second-order valence-corrected chi connectivity index (χ2v) is 5.12.